The predicted octanol–water partition coefficient (Wildman–Crippen LogP) is 11.8. The normalized spacial score (nSPS) is 21.3. The average Bonchev–Trinajstić information content (AvgIpc) is 3.90. The molecular formula is C42H47Cl2N2SiZr. The molecule has 4 aromatic carbocycles. The molecule has 2 unspecified atom stereocenters. The molecule has 0 amide bonds. The summed E-state index contributed by atoms with van der Waals surface area (Å²) in [5, 5.41) is 0. The van der Waals surface area contributed by atoms with Crippen molar-refractivity contribution in [3.8, 4) is 22.3 Å². The SMILES string of the molecule is CC1=Cc2c(-c3ccc(N4CCCC4)cc3)cccc2[CH]1[Zr]([Cl])([Cl])([CH]1C(C)=Cc2c(-c3ccc(N4CCCC4)cc3)cccc21)[SiH](C)C. The van der Waals surface area contributed by atoms with Crippen LogP contribution in [0.2, 0.25) is 13.1 Å². The summed E-state index contributed by atoms with van der Waals surface area (Å²) in [6, 6.07) is 32.2. The molecule has 2 aliphatic carbocycles. The maximum absolute atomic E-state index is 8.52. The van der Waals surface area contributed by atoms with Crippen LogP contribution in [0.25, 0.3) is 34.4 Å². The van der Waals surface area contributed by atoms with Crippen LogP contribution in [0.4, 0.5) is 11.4 Å². The van der Waals surface area contributed by atoms with Crippen LogP contribution in [0.3, 0.4) is 0 Å². The Balaban J connectivity index is 1.19. The molecule has 247 valence electrons. The first kappa shape index (κ1) is 32.8. The number of benzene rings is 4. The van der Waals surface area contributed by atoms with Gasteiger partial charge in [0.25, 0.3) is 0 Å². The van der Waals surface area contributed by atoms with E-state index in [1.807, 2.05) is 0 Å². The van der Waals surface area contributed by atoms with Crippen LogP contribution < -0.4 is 9.80 Å². The van der Waals surface area contributed by atoms with Crippen molar-refractivity contribution < 1.29 is 15.6 Å². The Hall–Kier alpha value is -2.36. The summed E-state index contributed by atoms with van der Waals surface area (Å²) in [4.78, 5) is 5.01. The molecule has 2 atom stereocenters. The van der Waals surface area contributed by atoms with Crippen molar-refractivity contribution in [3.63, 3.8) is 0 Å². The second-order valence-electron chi connectivity index (χ2n) is 15.1. The van der Waals surface area contributed by atoms with Crippen LogP contribution in [0.15, 0.2) is 96.1 Å². The fourth-order valence-corrected chi connectivity index (χ4v) is 42.5. The molecule has 4 aliphatic rings. The summed E-state index contributed by atoms with van der Waals surface area (Å²) >= 11 is -4.73. The van der Waals surface area contributed by atoms with Crippen molar-refractivity contribution in [2.75, 3.05) is 36.0 Å². The molecule has 0 radical (unpaired) electrons. The van der Waals surface area contributed by atoms with Crippen LogP contribution in [0.5, 0.6) is 0 Å². The van der Waals surface area contributed by atoms with Crippen molar-refractivity contribution in [1.29, 1.82) is 0 Å². The molecule has 48 heavy (non-hydrogen) atoms. The Morgan fingerprint density at radius 1 is 0.562 bits per heavy atom. The summed E-state index contributed by atoms with van der Waals surface area (Å²) in [5.74, 6) is -1.59. The molecule has 4 aromatic rings. The van der Waals surface area contributed by atoms with Crippen LogP contribution in [-0.4, -0.2) is 32.1 Å². The van der Waals surface area contributed by atoms with Gasteiger partial charge in [0.2, 0.25) is 0 Å². The third-order valence-corrected chi connectivity index (χ3v) is 64.3. The number of halogens is 2. The summed E-state index contributed by atoms with van der Waals surface area (Å²) in [6.45, 7) is 14.1. The molecule has 8 rings (SSSR count). The molecule has 0 N–H and O–H groups in total. The van der Waals surface area contributed by atoms with Gasteiger partial charge in [0, 0.05) is 0 Å². The van der Waals surface area contributed by atoms with E-state index >= 15 is 0 Å². The monoisotopic (exact) mass is 767 g/mol. The molecule has 0 spiro atoms. The molecule has 2 heterocycles. The minimum absolute atomic E-state index is 0.1000. The van der Waals surface area contributed by atoms with Crippen molar-refractivity contribution >= 4 is 46.5 Å². The standard InChI is InChI=1S/2C20H20N.C2H7Si.2ClH.Zr/c2*1-15-13-17-5-4-6-19(20(17)14-15)16-7-9-18(10-8-16)21-11-2-3-12-21;1-3-2;;;/h2*4-10,13-14H,2-3,11-12H2,1H3;3H,1-2H3;2*1H;/q;;;;;+2/p-2. The number of hydrogen-bond acceptors (Lipinski definition) is 2. The zero-order valence-corrected chi connectivity index (χ0v) is 33.9. The zero-order valence-electron chi connectivity index (χ0n) is 28.8. The molecule has 2 saturated heterocycles. The van der Waals surface area contributed by atoms with Gasteiger partial charge in [-0.15, -0.1) is 0 Å². The van der Waals surface area contributed by atoms with E-state index in [1.165, 1.54) is 92.7 Å². The Labute approximate surface area is 296 Å². The number of anilines is 2. The Morgan fingerprint density at radius 3 is 1.29 bits per heavy atom. The first-order valence-electron chi connectivity index (χ1n) is 18.1. The van der Waals surface area contributed by atoms with E-state index in [9.17, 15) is 0 Å². The van der Waals surface area contributed by atoms with Gasteiger partial charge in [-0.05, 0) is 0 Å². The van der Waals surface area contributed by atoms with Crippen LogP contribution in [0, 0.1) is 0 Å². The van der Waals surface area contributed by atoms with Crippen molar-refractivity contribution in [2.45, 2.75) is 59.9 Å². The summed E-state index contributed by atoms with van der Waals surface area (Å²) in [6.07, 6.45) is 10.00. The first-order chi connectivity index (χ1) is 23.1. The van der Waals surface area contributed by atoms with Gasteiger partial charge in [-0.3, -0.25) is 0 Å². The van der Waals surface area contributed by atoms with E-state index in [1.54, 1.807) is 0 Å². The number of nitrogens with zero attached hydrogens (tertiary/aromatic N) is 2. The molecular weight excluding hydrogens is 723 g/mol. The van der Waals surface area contributed by atoms with Gasteiger partial charge in [-0.2, -0.15) is 0 Å². The maximum atomic E-state index is 8.52. The van der Waals surface area contributed by atoms with Crippen LogP contribution >= 0.6 is 17.0 Å². The topological polar surface area (TPSA) is 6.48 Å². The fraction of sp³-hybridized carbons (Fsp3) is 0.333. The number of fused-ring (bicyclic) bond motifs is 2. The quantitative estimate of drug-likeness (QED) is 0.173. The number of rotatable bonds is 7. The Kier molecular flexibility index (Phi) is 8.51. The Morgan fingerprint density at radius 2 is 0.938 bits per heavy atom. The van der Waals surface area contributed by atoms with Crippen LogP contribution in [0.1, 0.15) is 69.0 Å². The third-order valence-electron chi connectivity index (χ3n) is 12.1. The van der Waals surface area contributed by atoms with Crippen molar-refractivity contribution in [1.82, 2.24) is 0 Å². The third kappa shape index (κ3) is 5.19. The minimum atomic E-state index is -4.73. The van der Waals surface area contributed by atoms with Gasteiger partial charge in [0.05, 0.1) is 0 Å². The van der Waals surface area contributed by atoms with Gasteiger partial charge in [-0.25, -0.2) is 0 Å². The van der Waals surface area contributed by atoms with Crippen LogP contribution in [-0.2, 0) is 15.6 Å². The number of hydrogen-bond donors (Lipinski definition) is 0. The summed E-state index contributed by atoms with van der Waals surface area (Å²) < 4.78 is 0.200. The molecule has 0 bridgehead atoms. The van der Waals surface area contributed by atoms with E-state index in [-0.39, 0.29) is 7.25 Å². The summed E-state index contributed by atoms with van der Waals surface area (Å²) in [7, 11) is 17.0. The van der Waals surface area contributed by atoms with Gasteiger partial charge in [0.1, 0.15) is 0 Å². The summed E-state index contributed by atoms with van der Waals surface area (Å²) in [5.41, 5.74) is 15.8. The second-order valence-corrected chi connectivity index (χ2v) is 57.6. The molecule has 0 aromatic heterocycles. The second kappa shape index (κ2) is 12.4. The molecule has 2 aliphatic heterocycles. The average molecular weight is 770 g/mol. The molecule has 0 saturated carbocycles. The van der Waals surface area contributed by atoms with Crippen molar-refractivity contribution in [2.24, 2.45) is 0 Å². The van der Waals surface area contributed by atoms with E-state index in [2.05, 4.69) is 134 Å². The molecule has 6 heteroatoms. The first-order valence-corrected chi connectivity index (χ1v) is 34.4. The zero-order chi connectivity index (χ0) is 33.2. The number of allylic oxidation sites excluding steroid dienone is 2. The van der Waals surface area contributed by atoms with E-state index in [0.717, 1.165) is 26.2 Å². The van der Waals surface area contributed by atoms with E-state index < -0.39 is 21.5 Å². The van der Waals surface area contributed by atoms with E-state index in [0.29, 0.717) is 0 Å². The van der Waals surface area contributed by atoms with E-state index in [4.69, 9.17) is 17.0 Å². The van der Waals surface area contributed by atoms with Gasteiger partial charge in [0.15, 0.2) is 0 Å². The van der Waals surface area contributed by atoms with Crippen molar-refractivity contribution in [3.05, 3.63) is 118 Å². The molecule has 2 fully saturated rings. The Bertz CT molecular complexity index is 1800. The molecule has 2 nitrogen and oxygen atoms in total. The van der Waals surface area contributed by atoms with Gasteiger partial charge in [-0.1, -0.05) is 0 Å². The fourth-order valence-electron chi connectivity index (χ4n) is 9.56. The van der Waals surface area contributed by atoms with Gasteiger partial charge < -0.3 is 0 Å². The van der Waals surface area contributed by atoms with Gasteiger partial charge >= 0.3 is 298 Å². The predicted molar refractivity (Wildman–Crippen MR) is 210 cm³/mol.